The van der Waals surface area contributed by atoms with Gasteiger partial charge in [0.05, 0.1) is 6.61 Å². The molecule has 0 N–H and O–H groups in total. The van der Waals surface area contributed by atoms with Crippen molar-refractivity contribution in [1.29, 1.82) is 0 Å². The second kappa shape index (κ2) is 15.4. The van der Waals surface area contributed by atoms with Crippen molar-refractivity contribution >= 4 is 0 Å². The molecule has 0 fully saturated rings. The average Bonchev–Trinajstić information content (AvgIpc) is 2.46. The van der Waals surface area contributed by atoms with Gasteiger partial charge in [-0.15, -0.1) is 0 Å². The Morgan fingerprint density at radius 3 is 1.71 bits per heavy atom. The van der Waals surface area contributed by atoms with Crippen LogP contribution in [0.4, 0.5) is 0 Å². The van der Waals surface area contributed by atoms with Gasteiger partial charge in [0.25, 0.3) is 0 Å². The van der Waals surface area contributed by atoms with E-state index >= 15 is 0 Å². The van der Waals surface area contributed by atoms with E-state index in [1.807, 2.05) is 19.1 Å². The van der Waals surface area contributed by atoms with Crippen molar-refractivity contribution in [3.63, 3.8) is 0 Å². The molecule has 0 saturated carbocycles. The molecule has 0 amide bonds. The number of ether oxygens (including phenoxy) is 1. The zero-order valence-corrected chi connectivity index (χ0v) is 14.5. The highest BCUT2D eigenvalue weighted by atomic mass is 16.5. The number of rotatable bonds is 15. The SMILES string of the molecule is C=C(C)/C=C\C(=C)OCCCCCCCCCCCCC. The van der Waals surface area contributed by atoms with Gasteiger partial charge in [-0.3, -0.25) is 0 Å². The smallest absolute Gasteiger partial charge is 0.112 e. The van der Waals surface area contributed by atoms with Crippen LogP contribution in [-0.2, 0) is 4.74 Å². The van der Waals surface area contributed by atoms with Gasteiger partial charge < -0.3 is 4.74 Å². The molecule has 21 heavy (non-hydrogen) atoms. The summed E-state index contributed by atoms with van der Waals surface area (Å²) >= 11 is 0. The second-order valence-electron chi connectivity index (χ2n) is 6.03. The molecule has 0 aromatic carbocycles. The number of allylic oxidation sites excluding steroid dienone is 3. The van der Waals surface area contributed by atoms with E-state index in [4.69, 9.17) is 4.74 Å². The van der Waals surface area contributed by atoms with Gasteiger partial charge in [0.15, 0.2) is 0 Å². The van der Waals surface area contributed by atoms with Crippen LogP contribution >= 0.6 is 0 Å². The Morgan fingerprint density at radius 2 is 1.24 bits per heavy atom. The van der Waals surface area contributed by atoms with Crippen molar-refractivity contribution in [2.45, 2.75) is 84.5 Å². The quantitative estimate of drug-likeness (QED) is 0.180. The number of hydrogen-bond donors (Lipinski definition) is 0. The number of hydrogen-bond acceptors (Lipinski definition) is 1. The molecule has 0 heterocycles. The van der Waals surface area contributed by atoms with E-state index in [-0.39, 0.29) is 0 Å². The van der Waals surface area contributed by atoms with Gasteiger partial charge in [0, 0.05) is 0 Å². The highest BCUT2D eigenvalue weighted by molar-refractivity contribution is 5.19. The summed E-state index contributed by atoms with van der Waals surface area (Å²) in [6.45, 7) is 12.7. The third kappa shape index (κ3) is 17.0. The van der Waals surface area contributed by atoms with Crippen LogP contribution in [-0.4, -0.2) is 6.61 Å². The van der Waals surface area contributed by atoms with Gasteiger partial charge in [-0.25, -0.2) is 0 Å². The van der Waals surface area contributed by atoms with Crippen molar-refractivity contribution in [2.24, 2.45) is 0 Å². The van der Waals surface area contributed by atoms with Gasteiger partial charge >= 0.3 is 0 Å². The molecule has 0 rings (SSSR count). The van der Waals surface area contributed by atoms with Crippen LogP contribution in [0.3, 0.4) is 0 Å². The average molecular weight is 293 g/mol. The van der Waals surface area contributed by atoms with Gasteiger partial charge in [0.2, 0.25) is 0 Å². The Balaban J connectivity index is 3.19. The molecule has 0 bridgehead atoms. The first-order valence-electron chi connectivity index (χ1n) is 8.82. The molecule has 122 valence electrons. The Morgan fingerprint density at radius 1 is 0.762 bits per heavy atom. The third-order valence-electron chi connectivity index (χ3n) is 3.59. The molecule has 0 radical (unpaired) electrons. The van der Waals surface area contributed by atoms with Crippen LogP contribution < -0.4 is 0 Å². The lowest BCUT2D eigenvalue weighted by Crippen LogP contribution is -1.92. The lowest BCUT2D eigenvalue weighted by Gasteiger charge is -2.06. The first kappa shape index (κ1) is 20.0. The number of unbranched alkanes of at least 4 members (excludes halogenated alkanes) is 10. The largest absolute Gasteiger partial charge is 0.494 e. The van der Waals surface area contributed by atoms with E-state index in [9.17, 15) is 0 Å². The Hall–Kier alpha value is -0.980. The van der Waals surface area contributed by atoms with Crippen molar-refractivity contribution in [3.05, 3.63) is 36.6 Å². The summed E-state index contributed by atoms with van der Waals surface area (Å²) in [6.07, 6.45) is 18.8. The van der Waals surface area contributed by atoms with Crippen LogP contribution in [0.25, 0.3) is 0 Å². The molecular weight excluding hydrogens is 256 g/mol. The summed E-state index contributed by atoms with van der Waals surface area (Å²) in [7, 11) is 0. The van der Waals surface area contributed by atoms with E-state index in [0.29, 0.717) is 0 Å². The summed E-state index contributed by atoms with van der Waals surface area (Å²) in [5.74, 6) is 0.741. The molecule has 0 saturated heterocycles. The molecule has 0 aromatic rings. The maximum atomic E-state index is 5.55. The molecule has 0 aliphatic heterocycles. The maximum absolute atomic E-state index is 5.55. The molecule has 1 heteroatoms. The summed E-state index contributed by atoms with van der Waals surface area (Å²) in [4.78, 5) is 0. The van der Waals surface area contributed by atoms with Crippen molar-refractivity contribution in [3.8, 4) is 0 Å². The zero-order valence-electron chi connectivity index (χ0n) is 14.5. The van der Waals surface area contributed by atoms with Crippen LogP contribution in [0.5, 0.6) is 0 Å². The third-order valence-corrected chi connectivity index (χ3v) is 3.59. The van der Waals surface area contributed by atoms with E-state index in [1.54, 1.807) is 0 Å². The van der Waals surface area contributed by atoms with Gasteiger partial charge in [-0.05, 0) is 19.4 Å². The van der Waals surface area contributed by atoms with Crippen LogP contribution in [0.1, 0.15) is 84.5 Å². The predicted molar refractivity (Wildman–Crippen MR) is 95.5 cm³/mol. The molecule has 0 aliphatic rings. The van der Waals surface area contributed by atoms with Crippen molar-refractivity contribution in [2.75, 3.05) is 6.61 Å². The lowest BCUT2D eigenvalue weighted by molar-refractivity contribution is 0.218. The summed E-state index contributed by atoms with van der Waals surface area (Å²) in [5, 5.41) is 0. The maximum Gasteiger partial charge on any atom is 0.112 e. The Bertz CT molecular complexity index is 288. The topological polar surface area (TPSA) is 9.23 Å². The second-order valence-corrected chi connectivity index (χ2v) is 6.03. The van der Waals surface area contributed by atoms with Crippen LogP contribution in [0, 0.1) is 0 Å². The van der Waals surface area contributed by atoms with E-state index in [0.717, 1.165) is 24.4 Å². The normalized spacial score (nSPS) is 11.0. The fraction of sp³-hybridized carbons (Fsp3) is 0.700. The van der Waals surface area contributed by atoms with Crippen molar-refractivity contribution < 1.29 is 4.74 Å². The molecule has 0 aliphatic carbocycles. The zero-order chi connectivity index (χ0) is 15.8. The molecule has 0 spiro atoms. The summed E-state index contributed by atoms with van der Waals surface area (Å²) < 4.78 is 5.55. The Kier molecular flexibility index (Phi) is 14.7. The molecule has 0 aromatic heterocycles. The predicted octanol–water partition coefficient (Wildman–Crippen LogP) is 6.96. The minimum Gasteiger partial charge on any atom is -0.494 e. The lowest BCUT2D eigenvalue weighted by atomic mass is 10.1. The molecule has 1 nitrogen and oxygen atoms in total. The highest BCUT2D eigenvalue weighted by Gasteiger charge is 1.94. The molecule has 0 atom stereocenters. The fourth-order valence-corrected chi connectivity index (χ4v) is 2.25. The fourth-order valence-electron chi connectivity index (χ4n) is 2.25. The van der Waals surface area contributed by atoms with E-state index in [1.165, 1.54) is 64.2 Å². The van der Waals surface area contributed by atoms with Crippen LogP contribution in [0.15, 0.2) is 36.6 Å². The molecular formula is C20H36O. The van der Waals surface area contributed by atoms with Gasteiger partial charge in [-0.1, -0.05) is 95.9 Å². The van der Waals surface area contributed by atoms with E-state index in [2.05, 4.69) is 20.1 Å². The van der Waals surface area contributed by atoms with E-state index < -0.39 is 0 Å². The monoisotopic (exact) mass is 292 g/mol. The summed E-state index contributed by atoms with van der Waals surface area (Å²) in [6, 6.07) is 0. The molecule has 0 unspecified atom stereocenters. The van der Waals surface area contributed by atoms with Gasteiger partial charge in [0.1, 0.15) is 5.76 Å². The van der Waals surface area contributed by atoms with Gasteiger partial charge in [-0.2, -0.15) is 0 Å². The van der Waals surface area contributed by atoms with Crippen LogP contribution in [0.2, 0.25) is 0 Å². The first-order chi connectivity index (χ1) is 10.2. The minimum absolute atomic E-state index is 0.741. The summed E-state index contributed by atoms with van der Waals surface area (Å²) in [5.41, 5.74) is 1.02. The Labute approximate surface area is 133 Å². The highest BCUT2D eigenvalue weighted by Crippen LogP contribution is 2.11. The first-order valence-corrected chi connectivity index (χ1v) is 8.82. The standard InChI is InChI=1S/C20H36O/c1-5-6-7-8-9-10-11-12-13-14-15-18-21-20(4)17-16-19(2)3/h16-17H,2,4-15,18H2,1,3H3/b17-16-. The van der Waals surface area contributed by atoms with Crippen molar-refractivity contribution in [1.82, 2.24) is 0 Å². The minimum atomic E-state index is 0.741.